The third kappa shape index (κ3) is 12.3. The Bertz CT molecular complexity index is 716. The van der Waals surface area contributed by atoms with Crippen molar-refractivity contribution >= 4 is 12.1 Å². The Balaban J connectivity index is 2.78. The van der Waals surface area contributed by atoms with Gasteiger partial charge in [-0.1, -0.05) is 44.2 Å². The van der Waals surface area contributed by atoms with Crippen molar-refractivity contribution < 1.29 is 33.6 Å². The monoisotopic (exact) mass is 481 g/mol. The van der Waals surface area contributed by atoms with Crippen molar-refractivity contribution in [1.82, 2.24) is 5.32 Å². The average Bonchev–Trinajstić information content (AvgIpc) is 2.74. The summed E-state index contributed by atoms with van der Waals surface area (Å²) in [5, 5.41) is 13.0. The summed E-state index contributed by atoms with van der Waals surface area (Å²) < 4.78 is 22.0. The van der Waals surface area contributed by atoms with E-state index in [1.165, 1.54) is 7.11 Å². The lowest BCUT2D eigenvalue weighted by Gasteiger charge is -2.30. The first-order valence-corrected chi connectivity index (χ1v) is 11.9. The average molecular weight is 482 g/mol. The molecule has 8 heteroatoms. The van der Waals surface area contributed by atoms with Crippen LogP contribution in [0.3, 0.4) is 0 Å². The summed E-state index contributed by atoms with van der Waals surface area (Å²) in [4.78, 5) is 24.2. The highest BCUT2D eigenvalue weighted by molar-refractivity contribution is 5.81. The second kappa shape index (κ2) is 15.0. The second-order valence-corrected chi connectivity index (χ2v) is 9.97. The highest BCUT2D eigenvalue weighted by Gasteiger charge is 2.29. The molecule has 4 atom stereocenters. The fourth-order valence-electron chi connectivity index (χ4n) is 3.44. The summed E-state index contributed by atoms with van der Waals surface area (Å²) in [6.07, 6.45) is -0.880. The van der Waals surface area contributed by atoms with Gasteiger partial charge < -0.3 is 29.4 Å². The lowest BCUT2D eigenvalue weighted by Crippen LogP contribution is -2.44. The minimum absolute atomic E-state index is 0.100. The zero-order chi connectivity index (χ0) is 25.7. The van der Waals surface area contributed by atoms with Crippen LogP contribution in [0.4, 0.5) is 4.79 Å². The number of methoxy groups -OCH3 is 1. The van der Waals surface area contributed by atoms with Gasteiger partial charge in [0, 0.05) is 25.6 Å². The van der Waals surface area contributed by atoms with Crippen molar-refractivity contribution in [1.29, 1.82) is 0 Å². The molecule has 34 heavy (non-hydrogen) atoms. The van der Waals surface area contributed by atoms with Crippen LogP contribution in [0.15, 0.2) is 30.3 Å². The van der Waals surface area contributed by atoms with Crippen LogP contribution in [0.5, 0.6) is 0 Å². The molecule has 0 bridgehead atoms. The fraction of sp³-hybridized carbons (Fsp3) is 0.692. The quantitative estimate of drug-likeness (QED) is 0.308. The number of aliphatic hydroxyl groups excluding tert-OH is 1. The topological polar surface area (TPSA) is 103 Å². The van der Waals surface area contributed by atoms with E-state index in [0.717, 1.165) is 5.56 Å². The summed E-state index contributed by atoms with van der Waals surface area (Å²) in [7, 11) is 1.27. The van der Waals surface area contributed by atoms with Crippen molar-refractivity contribution in [2.45, 2.75) is 78.2 Å². The first-order chi connectivity index (χ1) is 15.9. The highest BCUT2D eigenvalue weighted by atomic mass is 16.6. The van der Waals surface area contributed by atoms with E-state index < -0.39 is 35.9 Å². The molecular formula is C26H43NO7. The third-order valence-electron chi connectivity index (χ3n) is 4.96. The van der Waals surface area contributed by atoms with Crippen molar-refractivity contribution in [2.75, 3.05) is 26.9 Å². The SMILES string of the molecule is COC(=O)[C@H](CCOC[C@H](Cc1ccccc1)[C@@H](OCC(C)C)[C@H](C)O)NC(=O)OC(C)(C)C. The predicted octanol–water partition coefficient (Wildman–Crippen LogP) is 3.74. The lowest BCUT2D eigenvalue weighted by atomic mass is 9.91. The number of alkyl carbamates (subject to hydrolysis) is 1. The maximum absolute atomic E-state index is 12.1. The van der Waals surface area contributed by atoms with Gasteiger partial charge in [-0.05, 0) is 45.6 Å². The summed E-state index contributed by atoms with van der Waals surface area (Å²) in [5.41, 5.74) is 0.437. The Hall–Kier alpha value is -2.16. The zero-order valence-corrected chi connectivity index (χ0v) is 21.7. The molecule has 0 saturated heterocycles. The number of ether oxygens (including phenoxy) is 4. The molecule has 0 unspecified atom stereocenters. The summed E-state index contributed by atoms with van der Waals surface area (Å²) in [6, 6.07) is 9.09. The van der Waals surface area contributed by atoms with Crippen LogP contribution in [0, 0.1) is 11.8 Å². The number of benzene rings is 1. The number of amides is 1. The molecule has 1 amide bonds. The van der Waals surface area contributed by atoms with Gasteiger partial charge in [-0.25, -0.2) is 9.59 Å². The molecule has 1 aromatic rings. The first-order valence-electron chi connectivity index (χ1n) is 11.9. The smallest absolute Gasteiger partial charge is 0.408 e. The van der Waals surface area contributed by atoms with Gasteiger partial charge >= 0.3 is 12.1 Å². The van der Waals surface area contributed by atoms with Crippen molar-refractivity contribution in [3.05, 3.63) is 35.9 Å². The Labute approximate surface area is 204 Å². The Morgan fingerprint density at radius 3 is 2.24 bits per heavy atom. The summed E-state index contributed by atoms with van der Waals surface area (Å²) in [5.74, 6) is -0.340. The Morgan fingerprint density at radius 2 is 1.71 bits per heavy atom. The maximum atomic E-state index is 12.1. The number of aliphatic hydroxyl groups is 1. The fourth-order valence-corrected chi connectivity index (χ4v) is 3.44. The van der Waals surface area contributed by atoms with Crippen LogP contribution < -0.4 is 5.32 Å². The van der Waals surface area contributed by atoms with E-state index in [1.807, 2.05) is 30.3 Å². The molecule has 8 nitrogen and oxygen atoms in total. The highest BCUT2D eigenvalue weighted by Crippen LogP contribution is 2.20. The number of rotatable bonds is 14. The third-order valence-corrected chi connectivity index (χ3v) is 4.96. The van der Waals surface area contributed by atoms with Gasteiger partial charge in [0.15, 0.2) is 0 Å². The van der Waals surface area contributed by atoms with Gasteiger partial charge in [0.1, 0.15) is 11.6 Å². The molecule has 1 aromatic carbocycles. The van der Waals surface area contributed by atoms with Crippen LogP contribution in [-0.2, 0) is 30.2 Å². The van der Waals surface area contributed by atoms with Gasteiger partial charge in [-0.2, -0.15) is 0 Å². The molecule has 1 rings (SSSR count). The second-order valence-electron chi connectivity index (χ2n) is 9.97. The van der Waals surface area contributed by atoms with Gasteiger partial charge in [0.05, 0.1) is 25.9 Å². The van der Waals surface area contributed by atoms with Crippen LogP contribution in [0.2, 0.25) is 0 Å². The molecule has 0 aliphatic rings. The number of nitrogens with one attached hydrogen (secondary N) is 1. The number of carbonyl (C=O) groups is 2. The van der Waals surface area contributed by atoms with Gasteiger partial charge in [-0.3, -0.25) is 0 Å². The molecule has 0 fully saturated rings. The minimum Gasteiger partial charge on any atom is -0.467 e. The minimum atomic E-state index is -0.892. The van der Waals surface area contributed by atoms with Crippen LogP contribution in [-0.4, -0.2) is 68.0 Å². The number of carbonyl (C=O) groups excluding carboxylic acids is 2. The van der Waals surface area contributed by atoms with E-state index in [-0.39, 0.29) is 18.9 Å². The number of hydrogen-bond donors (Lipinski definition) is 2. The van der Waals surface area contributed by atoms with E-state index >= 15 is 0 Å². The Morgan fingerprint density at radius 1 is 1.06 bits per heavy atom. The lowest BCUT2D eigenvalue weighted by molar-refractivity contribution is -0.143. The van der Waals surface area contributed by atoms with E-state index in [0.29, 0.717) is 25.6 Å². The summed E-state index contributed by atoms with van der Waals surface area (Å²) in [6.45, 7) is 12.1. The van der Waals surface area contributed by atoms with Gasteiger partial charge in [-0.15, -0.1) is 0 Å². The molecule has 0 saturated carbocycles. The van der Waals surface area contributed by atoms with Crippen LogP contribution in [0.1, 0.15) is 53.5 Å². The maximum Gasteiger partial charge on any atom is 0.408 e. The molecule has 0 radical (unpaired) electrons. The summed E-state index contributed by atoms with van der Waals surface area (Å²) >= 11 is 0. The molecule has 0 heterocycles. The molecular weight excluding hydrogens is 438 g/mol. The van der Waals surface area contributed by atoms with Crippen molar-refractivity contribution in [3.8, 4) is 0 Å². The Kier molecular flexibility index (Phi) is 13.1. The zero-order valence-electron chi connectivity index (χ0n) is 21.7. The standard InChI is InChI=1S/C26H43NO7/c1-18(2)16-33-23(19(3)28)21(15-20-11-9-8-10-12-20)17-32-14-13-22(24(29)31-7)27-25(30)34-26(4,5)6/h8-12,18-19,21-23,28H,13-17H2,1-7H3,(H,27,30)/t19-,21-,22-,23-/m0/s1. The number of esters is 1. The van der Waals surface area contributed by atoms with Gasteiger partial charge in [0.25, 0.3) is 0 Å². The van der Waals surface area contributed by atoms with Crippen LogP contribution in [0.25, 0.3) is 0 Å². The van der Waals surface area contributed by atoms with E-state index in [4.69, 9.17) is 18.9 Å². The van der Waals surface area contributed by atoms with E-state index in [9.17, 15) is 14.7 Å². The molecule has 2 N–H and O–H groups in total. The molecule has 0 aromatic heterocycles. The molecule has 0 aliphatic carbocycles. The van der Waals surface area contributed by atoms with Gasteiger partial charge in [0.2, 0.25) is 0 Å². The largest absolute Gasteiger partial charge is 0.467 e. The van der Waals surface area contributed by atoms with Crippen LogP contribution >= 0.6 is 0 Å². The first kappa shape index (κ1) is 29.9. The normalized spacial score (nSPS) is 15.3. The molecule has 194 valence electrons. The van der Waals surface area contributed by atoms with E-state index in [2.05, 4.69) is 19.2 Å². The molecule has 0 spiro atoms. The van der Waals surface area contributed by atoms with Crippen molar-refractivity contribution in [3.63, 3.8) is 0 Å². The van der Waals surface area contributed by atoms with E-state index in [1.54, 1.807) is 27.7 Å². The number of hydrogen-bond acceptors (Lipinski definition) is 7. The molecule has 0 aliphatic heterocycles. The van der Waals surface area contributed by atoms with Crippen molar-refractivity contribution in [2.24, 2.45) is 11.8 Å². The predicted molar refractivity (Wildman–Crippen MR) is 131 cm³/mol.